The molecular weight excluding hydrogens is 351 g/mol. The highest BCUT2D eigenvalue weighted by molar-refractivity contribution is 5.89. The third kappa shape index (κ3) is 4.02. The van der Waals surface area contributed by atoms with E-state index in [9.17, 15) is 18.0 Å². The Bertz CT molecular complexity index is 805. The summed E-state index contributed by atoms with van der Waals surface area (Å²) in [5.41, 5.74) is -0.803. The highest BCUT2D eigenvalue weighted by Gasteiger charge is 2.32. The van der Waals surface area contributed by atoms with Crippen LogP contribution in [-0.4, -0.2) is 47.6 Å². The number of amides is 1. The first-order valence-corrected chi connectivity index (χ1v) is 7.99. The predicted molar refractivity (Wildman–Crippen MR) is 87.3 cm³/mol. The molecular formula is C16H18F3N5O2. The fourth-order valence-corrected chi connectivity index (χ4v) is 2.77. The SMILES string of the molecule is CC(=O)Nc1cc(-c2nc(C3CNCCN3C)no2)cc(C(F)(F)F)c1. The molecule has 1 aromatic carbocycles. The van der Waals surface area contributed by atoms with Crippen molar-refractivity contribution in [3.8, 4) is 11.5 Å². The van der Waals surface area contributed by atoms with Gasteiger partial charge >= 0.3 is 6.18 Å². The second-order valence-corrected chi connectivity index (χ2v) is 6.14. The van der Waals surface area contributed by atoms with Gasteiger partial charge in [0.05, 0.1) is 11.6 Å². The summed E-state index contributed by atoms with van der Waals surface area (Å²) in [4.78, 5) is 17.5. The molecule has 140 valence electrons. The molecule has 1 amide bonds. The summed E-state index contributed by atoms with van der Waals surface area (Å²) < 4.78 is 44.6. The molecule has 26 heavy (non-hydrogen) atoms. The van der Waals surface area contributed by atoms with Gasteiger partial charge in [0.2, 0.25) is 5.91 Å². The van der Waals surface area contributed by atoms with Crippen molar-refractivity contribution >= 4 is 11.6 Å². The number of piperazine rings is 1. The summed E-state index contributed by atoms with van der Waals surface area (Å²) in [6.45, 7) is 3.47. The molecule has 1 aliphatic heterocycles. The van der Waals surface area contributed by atoms with Crippen LogP contribution in [0.1, 0.15) is 24.4 Å². The summed E-state index contributed by atoms with van der Waals surface area (Å²) >= 11 is 0. The van der Waals surface area contributed by atoms with Crippen LogP contribution in [-0.2, 0) is 11.0 Å². The summed E-state index contributed by atoms with van der Waals surface area (Å²) in [6, 6.07) is 3.03. The van der Waals surface area contributed by atoms with E-state index in [0.29, 0.717) is 12.4 Å². The molecule has 1 saturated heterocycles. The van der Waals surface area contributed by atoms with Gasteiger partial charge in [0, 0.05) is 37.8 Å². The quantitative estimate of drug-likeness (QED) is 0.864. The average molecular weight is 369 g/mol. The number of aromatic nitrogens is 2. The normalized spacial score (nSPS) is 18.7. The number of carbonyl (C=O) groups excluding carboxylic acids is 1. The molecule has 2 aromatic rings. The first-order chi connectivity index (χ1) is 12.2. The highest BCUT2D eigenvalue weighted by atomic mass is 19.4. The minimum Gasteiger partial charge on any atom is -0.334 e. The molecule has 0 radical (unpaired) electrons. The van der Waals surface area contributed by atoms with E-state index in [1.165, 1.54) is 13.0 Å². The van der Waals surface area contributed by atoms with Gasteiger partial charge < -0.3 is 15.2 Å². The van der Waals surface area contributed by atoms with Crippen LogP contribution in [0.15, 0.2) is 22.7 Å². The molecule has 0 bridgehead atoms. The smallest absolute Gasteiger partial charge is 0.334 e. The number of hydrogen-bond donors (Lipinski definition) is 2. The van der Waals surface area contributed by atoms with E-state index in [4.69, 9.17) is 4.52 Å². The lowest BCUT2D eigenvalue weighted by Crippen LogP contribution is -2.44. The lowest BCUT2D eigenvalue weighted by Gasteiger charge is -2.30. The number of nitrogens with one attached hydrogen (secondary N) is 2. The van der Waals surface area contributed by atoms with Crippen LogP contribution < -0.4 is 10.6 Å². The fraction of sp³-hybridized carbons (Fsp3) is 0.438. The van der Waals surface area contributed by atoms with Gasteiger partial charge in [-0.2, -0.15) is 18.2 Å². The lowest BCUT2D eigenvalue weighted by molar-refractivity contribution is -0.137. The van der Waals surface area contributed by atoms with Crippen LogP contribution in [0.3, 0.4) is 0 Å². The number of hydrogen-bond acceptors (Lipinski definition) is 6. The Labute approximate surface area is 147 Å². The van der Waals surface area contributed by atoms with Crippen LogP contribution in [0.2, 0.25) is 0 Å². The Morgan fingerprint density at radius 1 is 1.38 bits per heavy atom. The summed E-state index contributed by atoms with van der Waals surface area (Å²) in [6.07, 6.45) is -4.57. The monoisotopic (exact) mass is 369 g/mol. The Morgan fingerprint density at radius 2 is 2.15 bits per heavy atom. The van der Waals surface area contributed by atoms with Crippen molar-refractivity contribution in [3.05, 3.63) is 29.6 Å². The van der Waals surface area contributed by atoms with Gasteiger partial charge in [-0.1, -0.05) is 5.16 Å². The first kappa shape index (κ1) is 18.3. The molecule has 7 nitrogen and oxygen atoms in total. The minimum absolute atomic E-state index is 0.0125. The van der Waals surface area contributed by atoms with Gasteiger partial charge in [-0.15, -0.1) is 0 Å². The van der Waals surface area contributed by atoms with E-state index >= 15 is 0 Å². The number of alkyl halides is 3. The van der Waals surface area contributed by atoms with Crippen molar-refractivity contribution in [2.45, 2.75) is 19.1 Å². The van der Waals surface area contributed by atoms with Gasteiger partial charge in [-0.3, -0.25) is 9.69 Å². The van der Waals surface area contributed by atoms with Crippen molar-refractivity contribution in [1.29, 1.82) is 0 Å². The topological polar surface area (TPSA) is 83.3 Å². The number of nitrogens with zero attached hydrogens (tertiary/aromatic N) is 3. The zero-order valence-corrected chi connectivity index (χ0v) is 14.2. The van der Waals surface area contributed by atoms with Gasteiger partial charge in [0.1, 0.15) is 0 Å². The second kappa shape index (κ2) is 7.04. The number of benzene rings is 1. The zero-order valence-electron chi connectivity index (χ0n) is 14.2. The summed E-state index contributed by atoms with van der Waals surface area (Å²) in [7, 11) is 1.92. The van der Waals surface area contributed by atoms with Crippen molar-refractivity contribution in [2.75, 3.05) is 32.0 Å². The number of likely N-dealkylation sites (N-methyl/N-ethyl adjacent to an activating group) is 1. The summed E-state index contributed by atoms with van der Waals surface area (Å²) in [5.74, 6) is -0.110. The van der Waals surface area contributed by atoms with Crippen LogP contribution >= 0.6 is 0 Å². The zero-order chi connectivity index (χ0) is 18.9. The van der Waals surface area contributed by atoms with E-state index in [0.717, 1.165) is 25.2 Å². The van der Waals surface area contributed by atoms with E-state index < -0.39 is 17.6 Å². The molecule has 1 unspecified atom stereocenters. The largest absolute Gasteiger partial charge is 0.416 e. The molecule has 1 aromatic heterocycles. The highest BCUT2D eigenvalue weighted by Crippen LogP contribution is 2.35. The molecule has 2 N–H and O–H groups in total. The van der Waals surface area contributed by atoms with Crippen molar-refractivity contribution in [1.82, 2.24) is 20.4 Å². The van der Waals surface area contributed by atoms with Gasteiger partial charge in [0.25, 0.3) is 5.89 Å². The molecule has 1 aliphatic rings. The van der Waals surface area contributed by atoms with E-state index in [1.807, 2.05) is 11.9 Å². The van der Waals surface area contributed by atoms with Gasteiger partial charge in [-0.05, 0) is 25.2 Å². The maximum absolute atomic E-state index is 13.2. The van der Waals surface area contributed by atoms with Crippen LogP contribution in [0.5, 0.6) is 0 Å². The van der Waals surface area contributed by atoms with Crippen LogP contribution in [0, 0.1) is 0 Å². The molecule has 10 heteroatoms. The Balaban J connectivity index is 1.96. The minimum atomic E-state index is -4.57. The van der Waals surface area contributed by atoms with Gasteiger partial charge in [0.15, 0.2) is 5.82 Å². The fourth-order valence-electron chi connectivity index (χ4n) is 2.77. The molecule has 2 heterocycles. The number of rotatable bonds is 3. The van der Waals surface area contributed by atoms with Gasteiger partial charge in [-0.25, -0.2) is 0 Å². The Morgan fingerprint density at radius 3 is 2.81 bits per heavy atom. The Hall–Kier alpha value is -2.46. The van der Waals surface area contributed by atoms with Crippen molar-refractivity contribution < 1.29 is 22.5 Å². The number of halogens is 3. The average Bonchev–Trinajstić information content (AvgIpc) is 3.03. The molecule has 1 fully saturated rings. The molecule has 0 aliphatic carbocycles. The maximum atomic E-state index is 13.2. The van der Waals surface area contributed by atoms with E-state index in [2.05, 4.69) is 20.8 Å². The van der Waals surface area contributed by atoms with Crippen molar-refractivity contribution in [2.24, 2.45) is 0 Å². The Kier molecular flexibility index (Phi) is 4.97. The molecule has 3 rings (SSSR count). The maximum Gasteiger partial charge on any atom is 0.416 e. The molecule has 0 saturated carbocycles. The third-order valence-corrected chi connectivity index (χ3v) is 4.08. The molecule has 0 spiro atoms. The lowest BCUT2D eigenvalue weighted by atomic mass is 10.1. The first-order valence-electron chi connectivity index (χ1n) is 7.99. The van der Waals surface area contributed by atoms with E-state index in [-0.39, 0.29) is 23.2 Å². The van der Waals surface area contributed by atoms with E-state index in [1.54, 1.807) is 0 Å². The van der Waals surface area contributed by atoms with Crippen LogP contribution in [0.4, 0.5) is 18.9 Å². The van der Waals surface area contributed by atoms with Crippen molar-refractivity contribution in [3.63, 3.8) is 0 Å². The molecule has 1 atom stereocenters. The predicted octanol–water partition coefficient (Wildman–Crippen LogP) is 2.29. The number of carbonyl (C=O) groups is 1. The second-order valence-electron chi connectivity index (χ2n) is 6.14. The standard InChI is InChI=1S/C16H18F3N5O2/c1-9(25)21-12-6-10(5-11(7-12)16(17,18)19)15-22-14(23-26-15)13-8-20-3-4-24(13)2/h5-7,13,20H,3-4,8H2,1-2H3,(H,21,25). The third-order valence-electron chi connectivity index (χ3n) is 4.08. The number of anilines is 1. The van der Waals surface area contributed by atoms with Crippen LogP contribution in [0.25, 0.3) is 11.5 Å². The summed E-state index contributed by atoms with van der Waals surface area (Å²) in [5, 5.41) is 9.48.